The van der Waals surface area contributed by atoms with E-state index in [9.17, 15) is 14.4 Å². The molecule has 2 aromatic carbocycles. The minimum atomic E-state index is -0.808. The predicted octanol–water partition coefficient (Wildman–Crippen LogP) is 3.69. The maximum absolute atomic E-state index is 12.4. The van der Waals surface area contributed by atoms with E-state index in [1.807, 2.05) is 31.2 Å². The highest BCUT2D eigenvalue weighted by Gasteiger charge is 2.37. The smallest absolute Gasteiger partial charge is 0.326 e. The number of hydrogen-bond acceptors (Lipinski definition) is 7. The van der Waals surface area contributed by atoms with Gasteiger partial charge in [0.2, 0.25) is 5.82 Å². The van der Waals surface area contributed by atoms with Crippen LogP contribution < -0.4 is 0 Å². The average molecular weight is 446 g/mol. The molecule has 3 aromatic rings. The molecule has 8 nitrogen and oxygen atoms in total. The van der Waals surface area contributed by atoms with Crippen LogP contribution in [0.3, 0.4) is 0 Å². The van der Waals surface area contributed by atoms with Gasteiger partial charge in [0.25, 0.3) is 17.7 Å². The number of carbonyl (C=O) groups excluding carboxylic acids is 3. The summed E-state index contributed by atoms with van der Waals surface area (Å²) in [4.78, 5) is 42.0. The van der Waals surface area contributed by atoms with E-state index in [0.717, 1.165) is 16.0 Å². The molecular formula is C20H13Cl2N3O5. The maximum atomic E-state index is 12.4. The van der Waals surface area contributed by atoms with Gasteiger partial charge in [-0.1, -0.05) is 52.6 Å². The summed E-state index contributed by atoms with van der Waals surface area (Å²) in [6.07, 6.45) is 0. The number of hydrogen-bond donors (Lipinski definition) is 0. The van der Waals surface area contributed by atoms with Gasteiger partial charge in [0.1, 0.15) is 6.54 Å². The first-order chi connectivity index (χ1) is 14.3. The third-order valence-electron chi connectivity index (χ3n) is 4.51. The summed E-state index contributed by atoms with van der Waals surface area (Å²) in [6, 6.07) is 10.1. The molecule has 0 N–H and O–H groups in total. The van der Waals surface area contributed by atoms with Crippen molar-refractivity contribution in [2.75, 3.05) is 6.54 Å². The van der Waals surface area contributed by atoms with Crippen LogP contribution in [-0.2, 0) is 16.1 Å². The Kier molecular flexibility index (Phi) is 5.27. The number of amides is 2. The first-order valence-corrected chi connectivity index (χ1v) is 9.50. The van der Waals surface area contributed by atoms with Gasteiger partial charge in [-0.15, -0.1) is 0 Å². The van der Waals surface area contributed by atoms with E-state index in [0.29, 0.717) is 5.82 Å². The van der Waals surface area contributed by atoms with E-state index in [1.165, 1.54) is 12.1 Å². The van der Waals surface area contributed by atoms with Gasteiger partial charge < -0.3 is 9.26 Å². The lowest BCUT2D eigenvalue weighted by atomic mass is 10.1. The highest BCUT2D eigenvalue weighted by Crippen LogP contribution is 2.31. The number of aryl methyl sites for hydroxylation is 1. The van der Waals surface area contributed by atoms with Crippen molar-refractivity contribution in [3.05, 3.63) is 69.0 Å². The number of nitrogens with zero attached hydrogens (tertiary/aromatic N) is 3. The van der Waals surface area contributed by atoms with E-state index in [4.69, 9.17) is 32.5 Å². The van der Waals surface area contributed by atoms with E-state index in [-0.39, 0.29) is 33.7 Å². The van der Waals surface area contributed by atoms with E-state index in [2.05, 4.69) is 10.1 Å². The predicted molar refractivity (Wildman–Crippen MR) is 106 cm³/mol. The van der Waals surface area contributed by atoms with E-state index >= 15 is 0 Å². The fourth-order valence-corrected chi connectivity index (χ4v) is 3.32. The summed E-state index contributed by atoms with van der Waals surface area (Å²) in [7, 11) is 0. The number of aromatic nitrogens is 2. The quantitative estimate of drug-likeness (QED) is 0.435. The molecule has 30 heavy (non-hydrogen) atoms. The maximum Gasteiger partial charge on any atom is 0.326 e. The van der Waals surface area contributed by atoms with Crippen molar-refractivity contribution in [2.24, 2.45) is 0 Å². The van der Waals surface area contributed by atoms with Crippen LogP contribution in [0.5, 0.6) is 0 Å². The molecule has 0 fully saturated rings. The van der Waals surface area contributed by atoms with Crippen LogP contribution in [0.1, 0.15) is 32.2 Å². The van der Waals surface area contributed by atoms with Crippen LogP contribution in [0.4, 0.5) is 0 Å². The SMILES string of the molecule is Cc1ccccc1-c1noc(COC(=O)CN2C(=O)c3cc(Cl)c(Cl)cc3C2=O)n1. The molecule has 0 unspecified atom stereocenters. The zero-order valence-electron chi connectivity index (χ0n) is 15.5. The molecule has 0 saturated carbocycles. The average Bonchev–Trinajstić information content (AvgIpc) is 3.27. The summed E-state index contributed by atoms with van der Waals surface area (Å²) in [5, 5.41) is 4.16. The lowest BCUT2D eigenvalue weighted by Crippen LogP contribution is -2.35. The van der Waals surface area contributed by atoms with Crippen molar-refractivity contribution < 1.29 is 23.6 Å². The minimum Gasteiger partial charge on any atom is -0.454 e. The number of rotatable bonds is 5. The Morgan fingerprint density at radius 3 is 2.33 bits per heavy atom. The molecule has 2 heterocycles. The Morgan fingerprint density at radius 1 is 1.07 bits per heavy atom. The van der Waals surface area contributed by atoms with Crippen molar-refractivity contribution in [3.8, 4) is 11.4 Å². The molecule has 0 radical (unpaired) electrons. The molecule has 152 valence electrons. The topological polar surface area (TPSA) is 103 Å². The number of halogens is 2. The summed E-state index contributed by atoms with van der Waals surface area (Å²) >= 11 is 11.8. The Morgan fingerprint density at radius 2 is 1.70 bits per heavy atom. The zero-order chi connectivity index (χ0) is 21.4. The molecule has 1 aromatic heterocycles. The van der Waals surface area contributed by atoms with Gasteiger partial charge in [0.15, 0.2) is 6.61 Å². The van der Waals surface area contributed by atoms with Crippen molar-refractivity contribution in [3.63, 3.8) is 0 Å². The lowest BCUT2D eigenvalue weighted by molar-refractivity contribution is -0.146. The second kappa shape index (κ2) is 7.89. The number of carbonyl (C=O) groups is 3. The largest absolute Gasteiger partial charge is 0.454 e. The summed E-state index contributed by atoms with van der Waals surface area (Å²) < 4.78 is 10.2. The van der Waals surface area contributed by atoms with Crippen LogP contribution >= 0.6 is 23.2 Å². The normalized spacial score (nSPS) is 13.0. The van der Waals surface area contributed by atoms with Crippen LogP contribution in [0, 0.1) is 6.92 Å². The minimum absolute atomic E-state index is 0.0852. The number of esters is 1. The molecule has 0 aliphatic carbocycles. The third-order valence-corrected chi connectivity index (χ3v) is 5.23. The van der Waals surface area contributed by atoms with Crippen LogP contribution in [0.25, 0.3) is 11.4 Å². The fraction of sp³-hybridized carbons (Fsp3) is 0.150. The Balaban J connectivity index is 1.40. The number of benzene rings is 2. The molecule has 4 rings (SSSR count). The Bertz CT molecular complexity index is 1150. The summed E-state index contributed by atoms with van der Waals surface area (Å²) in [5.74, 6) is -1.65. The van der Waals surface area contributed by atoms with Crippen LogP contribution in [0.15, 0.2) is 40.9 Å². The molecule has 1 aliphatic rings. The van der Waals surface area contributed by atoms with Crippen molar-refractivity contribution in [1.82, 2.24) is 15.0 Å². The fourth-order valence-electron chi connectivity index (χ4n) is 2.99. The number of imide groups is 1. The molecule has 0 bridgehead atoms. The van der Waals surface area contributed by atoms with Gasteiger partial charge in [-0.3, -0.25) is 19.3 Å². The Labute approximate surface area is 180 Å². The Hall–Kier alpha value is -3.23. The highest BCUT2D eigenvalue weighted by atomic mass is 35.5. The molecule has 1 aliphatic heterocycles. The standard InChI is InChI=1S/C20H13Cl2N3O5/c1-10-4-2-3-5-11(10)18-23-16(30-24-18)9-29-17(26)8-25-19(27)12-6-14(21)15(22)7-13(12)20(25)28/h2-7H,8-9H2,1H3. The highest BCUT2D eigenvalue weighted by molar-refractivity contribution is 6.43. The van der Waals surface area contributed by atoms with Crippen molar-refractivity contribution in [2.45, 2.75) is 13.5 Å². The molecule has 10 heteroatoms. The first kappa shape index (κ1) is 20.1. The molecule has 0 atom stereocenters. The molecule has 0 spiro atoms. The lowest BCUT2D eigenvalue weighted by Gasteiger charge is -2.12. The van der Waals surface area contributed by atoms with Crippen LogP contribution in [-0.4, -0.2) is 39.4 Å². The molecular weight excluding hydrogens is 433 g/mol. The van der Waals surface area contributed by atoms with Gasteiger partial charge in [-0.25, -0.2) is 0 Å². The van der Waals surface area contributed by atoms with E-state index in [1.54, 1.807) is 0 Å². The summed E-state index contributed by atoms with van der Waals surface area (Å²) in [5.41, 5.74) is 1.93. The monoisotopic (exact) mass is 445 g/mol. The van der Waals surface area contributed by atoms with Gasteiger partial charge in [-0.05, 0) is 24.6 Å². The molecule has 2 amide bonds. The van der Waals surface area contributed by atoms with Crippen LogP contribution in [0.2, 0.25) is 10.0 Å². The van der Waals surface area contributed by atoms with Crippen molar-refractivity contribution in [1.29, 1.82) is 0 Å². The third kappa shape index (κ3) is 3.67. The first-order valence-electron chi connectivity index (χ1n) is 8.74. The van der Waals surface area contributed by atoms with Gasteiger partial charge >= 0.3 is 5.97 Å². The van der Waals surface area contributed by atoms with Gasteiger partial charge in [0.05, 0.1) is 21.2 Å². The van der Waals surface area contributed by atoms with Gasteiger partial charge in [0, 0.05) is 5.56 Å². The second-order valence-corrected chi connectivity index (χ2v) is 7.31. The summed E-state index contributed by atoms with van der Waals surface area (Å²) in [6.45, 7) is 1.05. The zero-order valence-corrected chi connectivity index (χ0v) is 17.0. The van der Waals surface area contributed by atoms with Gasteiger partial charge in [-0.2, -0.15) is 4.98 Å². The number of fused-ring (bicyclic) bond motifs is 1. The van der Waals surface area contributed by atoms with Crippen molar-refractivity contribution >= 4 is 41.0 Å². The van der Waals surface area contributed by atoms with E-state index < -0.39 is 24.3 Å². The number of ether oxygens (including phenoxy) is 1. The second-order valence-electron chi connectivity index (χ2n) is 6.50. The molecule has 0 saturated heterocycles.